The third kappa shape index (κ3) is 5.15. The summed E-state index contributed by atoms with van der Waals surface area (Å²) in [6.07, 6.45) is 5.24. The van der Waals surface area contributed by atoms with E-state index in [2.05, 4.69) is 17.2 Å². The molecule has 0 bridgehead atoms. The summed E-state index contributed by atoms with van der Waals surface area (Å²) in [4.78, 5) is 15.4. The Kier molecular flexibility index (Phi) is 5.44. The van der Waals surface area contributed by atoms with Crippen LogP contribution in [0.3, 0.4) is 0 Å². The maximum Gasteiger partial charge on any atom is 0.220 e. The summed E-state index contributed by atoms with van der Waals surface area (Å²) in [6, 6.07) is 5.82. The molecule has 1 amide bonds. The van der Waals surface area contributed by atoms with Crippen molar-refractivity contribution in [2.75, 3.05) is 6.54 Å². The number of carbonyl (C=O) groups excluding carboxylic acids is 1. The van der Waals surface area contributed by atoms with Crippen molar-refractivity contribution in [3.8, 4) is 0 Å². The first-order chi connectivity index (χ1) is 7.33. The molecule has 3 heteroatoms. The Bertz CT molecular complexity index is 285. The van der Waals surface area contributed by atoms with Gasteiger partial charge in [0.25, 0.3) is 0 Å². The minimum absolute atomic E-state index is 0.146. The first-order valence-electron chi connectivity index (χ1n) is 5.49. The molecule has 0 aliphatic carbocycles. The zero-order valence-corrected chi connectivity index (χ0v) is 9.20. The minimum atomic E-state index is 0.146. The lowest BCUT2D eigenvalue weighted by Gasteiger charge is -2.03. The number of nitrogens with zero attached hydrogens (tertiary/aromatic N) is 1. The van der Waals surface area contributed by atoms with E-state index in [0.717, 1.165) is 25.0 Å². The lowest BCUT2D eigenvalue weighted by molar-refractivity contribution is -0.121. The van der Waals surface area contributed by atoms with E-state index in [1.807, 2.05) is 18.2 Å². The Balaban J connectivity index is 2.14. The molecule has 15 heavy (non-hydrogen) atoms. The molecular weight excluding hydrogens is 188 g/mol. The molecule has 0 aliphatic heterocycles. The molecule has 1 aromatic heterocycles. The molecule has 0 fully saturated rings. The second-order valence-electron chi connectivity index (χ2n) is 3.52. The fourth-order valence-corrected chi connectivity index (χ4v) is 1.30. The fraction of sp³-hybridized carbons (Fsp3) is 0.500. The number of hydrogen-bond acceptors (Lipinski definition) is 2. The average molecular weight is 206 g/mol. The smallest absolute Gasteiger partial charge is 0.220 e. The van der Waals surface area contributed by atoms with E-state index < -0.39 is 0 Å². The second kappa shape index (κ2) is 6.98. The van der Waals surface area contributed by atoms with Gasteiger partial charge in [0.2, 0.25) is 5.91 Å². The molecule has 1 heterocycles. The van der Waals surface area contributed by atoms with Crippen molar-refractivity contribution < 1.29 is 4.79 Å². The van der Waals surface area contributed by atoms with Gasteiger partial charge in [-0.25, -0.2) is 0 Å². The number of nitrogens with one attached hydrogen (secondary N) is 1. The molecule has 82 valence electrons. The van der Waals surface area contributed by atoms with Crippen LogP contribution >= 0.6 is 0 Å². The van der Waals surface area contributed by atoms with Gasteiger partial charge in [-0.2, -0.15) is 0 Å². The lowest BCUT2D eigenvalue weighted by atomic mass is 10.2. The van der Waals surface area contributed by atoms with Gasteiger partial charge >= 0.3 is 0 Å². The van der Waals surface area contributed by atoms with Crippen LogP contribution in [-0.2, 0) is 11.2 Å². The van der Waals surface area contributed by atoms with Crippen LogP contribution in [0, 0.1) is 0 Å². The average Bonchev–Trinajstić information content (AvgIpc) is 2.28. The summed E-state index contributed by atoms with van der Waals surface area (Å²) in [5.41, 5.74) is 1.02. The van der Waals surface area contributed by atoms with Gasteiger partial charge in [0.1, 0.15) is 0 Å². The highest BCUT2D eigenvalue weighted by atomic mass is 16.1. The highest BCUT2D eigenvalue weighted by Gasteiger charge is 1.99. The predicted octanol–water partition coefficient (Wildman–Crippen LogP) is 1.93. The van der Waals surface area contributed by atoms with Crippen LogP contribution in [0.5, 0.6) is 0 Å². The molecule has 3 nitrogen and oxygen atoms in total. The molecule has 0 atom stereocenters. The fourth-order valence-electron chi connectivity index (χ4n) is 1.30. The standard InChI is InChI=1S/C12H18N2O/c1-2-3-7-12(15)14-10-8-11-6-4-5-9-13-11/h4-6,9H,2-3,7-8,10H2,1H3,(H,14,15). The molecular formula is C12H18N2O. The van der Waals surface area contributed by atoms with Crippen molar-refractivity contribution in [2.24, 2.45) is 0 Å². The SMILES string of the molecule is CCCCC(=O)NCCc1ccccn1. The van der Waals surface area contributed by atoms with E-state index in [1.165, 1.54) is 0 Å². The lowest BCUT2D eigenvalue weighted by Crippen LogP contribution is -2.25. The third-order valence-corrected chi connectivity index (χ3v) is 2.19. The Hall–Kier alpha value is -1.38. The van der Waals surface area contributed by atoms with Crippen molar-refractivity contribution in [3.63, 3.8) is 0 Å². The van der Waals surface area contributed by atoms with Crippen LogP contribution in [0.4, 0.5) is 0 Å². The van der Waals surface area contributed by atoms with Gasteiger partial charge < -0.3 is 5.32 Å². The van der Waals surface area contributed by atoms with Gasteiger partial charge in [0.15, 0.2) is 0 Å². The highest BCUT2D eigenvalue weighted by molar-refractivity contribution is 5.75. The summed E-state index contributed by atoms with van der Waals surface area (Å²) in [6.45, 7) is 2.76. The first kappa shape index (κ1) is 11.7. The molecule has 0 radical (unpaired) electrons. The van der Waals surface area contributed by atoms with Gasteiger partial charge in [-0.15, -0.1) is 0 Å². The van der Waals surface area contributed by atoms with Gasteiger partial charge in [0.05, 0.1) is 0 Å². The van der Waals surface area contributed by atoms with Crippen LogP contribution in [0.2, 0.25) is 0 Å². The maximum absolute atomic E-state index is 11.3. The number of amides is 1. The van der Waals surface area contributed by atoms with Crippen LogP contribution in [0.15, 0.2) is 24.4 Å². The van der Waals surface area contributed by atoms with Gasteiger partial charge in [-0.3, -0.25) is 9.78 Å². The molecule has 0 aliphatic rings. The van der Waals surface area contributed by atoms with Crippen molar-refractivity contribution in [2.45, 2.75) is 32.6 Å². The Morgan fingerprint density at radius 1 is 1.47 bits per heavy atom. The van der Waals surface area contributed by atoms with E-state index in [1.54, 1.807) is 6.20 Å². The summed E-state index contributed by atoms with van der Waals surface area (Å²) in [5, 5.41) is 2.89. The van der Waals surface area contributed by atoms with Crippen molar-refractivity contribution in [1.82, 2.24) is 10.3 Å². The quantitative estimate of drug-likeness (QED) is 0.772. The van der Waals surface area contributed by atoms with E-state index in [9.17, 15) is 4.79 Å². The predicted molar refractivity (Wildman–Crippen MR) is 60.5 cm³/mol. The Morgan fingerprint density at radius 3 is 3.00 bits per heavy atom. The maximum atomic E-state index is 11.3. The molecule has 0 spiro atoms. The third-order valence-electron chi connectivity index (χ3n) is 2.19. The number of unbranched alkanes of at least 4 members (excludes halogenated alkanes) is 1. The van der Waals surface area contributed by atoms with E-state index >= 15 is 0 Å². The molecule has 1 N–H and O–H groups in total. The molecule has 1 rings (SSSR count). The van der Waals surface area contributed by atoms with Crippen LogP contribution in [-0.4, -0.2) is 17.4 Å². The van der Waals surface area contributed by atoms with Crippen molar-refractivity contribution >= 4 is 5.91 Å². The number of rotatable bonds is 6. The normalized spacial score (nSPS) is 9.93. The summed E-state index contributed by atoms with van der Waals surface area (Å²) >= 11 is 0. The van der Waals surface area contributed by atoms with Crippen LogP contribution in [0.1, 0.15) is 31.9 Å². The number of carbonyl (C=O) groups is 1. The van der Waals surface area contributed by atoms with E-state index in [0.29, 0.717) is 13.0 Å². The Morgan fingerprint density at radius 2 is 2.33 bits per heavy atom. The largest absolute Gasteiger partial charge is 0.356 e. The number of pyridine rings is 1. The molecule has 0 saturated heterocycles. The first-order valence-corrected chi connectivity index (χ1v) is 5.49. The van der Waals surface area contributed by atoms with Crippen molar-refractivity contribution in [1.29, 1.82) is 0 Å². The zero-order valence-electron chi connectivity index (χ0n) is 9.20. The Labute approximate surface area is 90.9 Å². The van der Waals surface area contributed by atoms with Gasteiger partial charge in [0, 0.05) is 31.3 Å². The minimum Gasteiger partial charge on any atom is -0.356 e. The van der Waals surface area contributed by atoms with E-state index in [4.69, 9.17) is 0 Å². The molecule has 0 unspecified atom stereocenters. The molecule has 1 aromatic rings. The van der Waals surface area contributed by atoms with Crippen LogP contribution < -0.4 is 5.32 Å². The van der Waals surface area contributed by atoms with Gasteiger partial charge in [-0.05, 0) is 18.6 Å². The molecule has 0 saturated carbocycles. The van der Waals surface area contributed by atoms with Crippen LogP contribution in [0.25, 0.3) is 0 Å². The number of hydrogen-bond donors (Lipinski definition) is 1. The van der Waals surface area contributed by atoms with Crippen molar-refractivity contribution in [3.05, 3.63) is 30.1 Å². The topological polar surface area (TPSA) is 42.0 Å². The second-order valence-corrected chi connectivity index (χ2v) is 3.52. The monoisotopic (exact) mass is 206 g/mol. The number of aromatic nitrogens is 1. The molecule has 0 aromatic carbocycles. The summed E-state index contributed by atoms with van der Waals surface area (Å²) in [7, 11) is 0. The highest BCUT2D eigenvalue weighted by Crippen LogP contribution is 1.95. The zero-order chi connectivity index (χ0) is 10.9. The van der Waals surface area contributed by atoms with Gasteiger partial charge in [-0.1, -0.05) is 19.4 Å². The summed E-state index contributed by atoms with van der Waals surface area (Å²) in [5.74, 6) is 0.146. The van der Waals surface area contributed by atoms with E-state index in [-0.39, 0.29) is 5.91 Å². The summed E-state index contributed by atoms with van der Waals surface area (Å²) < 4.78 is 0.